The van der Waals surface area contributed by atoms with Crippen molar-refractivity contribution in [3.63, 3.8) is 0 Å². The van der Waals surface area contributed by atoms with Gasteiger partial charge in [-0.15, -0.1) is 0 Å². The smallest absolute Gasteiger partial charge is 0.255 e. The molecule has 0 N–H and O–H groups in total. The Morgan fingerprint density at radius 1 is 1.19 bits per heavy atom. The van der Waals surface area contributed by atoms with E-state index in [2.05, 4.69) is 5.10 Å². The number of benzene rings is 1. The van der Waals surface area contributed by atoms with Crippen LogP contribution in [0.3, 0.4) is 0 Å². The minimum Gasteiger partial charge on any atom is -0.272 e. The summed E-state index contributed by atoms with van der Waals surface area (Å²) in [5, 5.41) is 5.69. The van der Waals surface area contributed by atoms with Crippen molar-refractivity contribution in [1.29, 1.82) is 0 Å². The molecule has 3 heteroatoms. The lowest BCUT2D eigenvalue weighted by molar-refractivity contribution is -0.119. The fraction of sp³-hybridized carbons (Fsp3) is 0.385. The second-order valence-electron chi connectivity index (χ2n) is 3.45. The number of nitrogens with zero attached hydrogens (tertiary/aromatic N) is 2. The first-order valence-corrected chi connectivity index (χ1v) is 5.64. The Morgan fingerprint density at radius 3 is 2.19 bits per heavy atom. The van der Waals surface area contributed by atoms with E-state index in [0.29, 0.717) is 0 Å². The predicted molar refractivity (Wildman–Crippen MR) is 67.5 cm³/mol. The van der Waals surface area contributed by atoms with Crippen molar-refractivity contribution in [2.45, 2.75) is 27.7 Å². The molecule has 0 saturated carbocycles. The SMILES string of the molecule is CC.CC1=NN(c2ccccc2)C(=O)C1C. The van der Waals surface area contributed by atoms with E-state index < -0.39 is 0 Å². The van der Waals surface area contributed by atoms with E-state index >= 15 is 0 Å². The summed E-state index contributed by atoms with van der Waals surface area (Å²) in [4.78, 5) is 11.7. The van der Waals surface area contributed by atoms with Crippen molar-refractivity contribution in [3.05, 3.63) is 30.3 Å². The second kappa shape index (κ2) is 5.45. The number of hydrogen-bond donors (Lipinski definition) is 0. The average Bonchev–Trinajstić information content (AvgIpc) is 2.61. The number of rotatable bonds is 1. The first-order valence-electron chi connectivity index (χ1n) is 5.64. The Balaban J connectivity index is 0.000000606. The normalized spacial score (nSPS) is 19.0. The molecule has 0 aliphatic carbocycles. The number of hydrogen-bond acceptors (Lipinski definition) is 2. The van der Waals surface area contributed by atoms with E-state index in [4.69, 9.17) is 0 Å². The Kier molecular flexibility index (Phi) is 4.23. The van der Waals surface area contributed by atoms with Gasteiger partial charge in [0.15, 0.2) is 0 Å². The zero-order valence-corrected chi connectivity index (χ0v) is 10.3. The number of amides is 1. The molecule has 1 atom stereocenters. The lowest BCUT2D eigenvalue weighted by Crippen LogP contribution is -2.24. The Labute approximate surface area is 96.8 Å². The third-order valence-corrected chi connectivity index (χ3v) is 2.46. The lowest BCUT2D eigenvalue weighted by Gasteiger charge is -2.11. The molecule has 1 unspecified atom stereocenters. The summed E-state index contributed by atoms with van der Waals surface area (Å²) >= 11 is 0. The number of para-hydroxylation sites is 1. The molecule has 0 aromatic heterocycles. The Morgan fingerprint density at radius 2 is 1.75 bits per heavy atom. The monoisotopic (exact) mass is 218 g/mol. The van der Waals surface area contributed by atoms with Gasteiger partial charge in [0.2, 0.25) is 0 Å². The molecule has 1 aromatic rings. The van der Waals surface area contributed by atoms with Gasteiger partial charge < -0.3 is 0 Å². The van der Waals surface area contributed by atoms with Crippen LogP contribution >= 0.6 is 0 Å². The highest BCUT2D eigenvalue weighted by atomic mass is 16.2. The quantitative estimate of drug-likeness (QED) is 0.713. The second-order valence-corrected chi connectivity index (χ2v) is 3.45. The van der Waals surface area contributed by atoms with Crippen LogP contribution in [-0.4, -0.2) is 11.6 Å². The minimum atomic E-state index is -0.0878. The highest BCUT2D eigenvalue weighted by Crippen LogP contribution is 2.22. The Hall–Kier alpha value is -1.64. The molecule has 0 radical (unpaired) electrons. The molecule has 3 nitrogen and oxygen atoms in total. The molecule has 2 rings (SSSR count). The highest BCUT2D eigenvalue weighted by molar-refractivity contribution is 6.14. The van der Waals surface area contributed by atoms with E-state index in [1.807, 2.05) is 58.0 Å². The van der Waals surface area contributed by atoms with Gasteiger partial charge in [-0.2, -0.15) is 5.10 Å². The maximum Gasteiger partial charge on any atom is 0.255 e. The fourth-order valence-electron chi connectivity index (χ4n) is 1.41. The lowest BCUT2D eigenvalue weighted by atomic mass is 10.1. The summed E-state index contributed by atoms with van der Waals surface area (Å²) < 4.78 is 0. The summed E-state index contributed by atoms with van der Waals surface area (Å²) in [6.45, 7) is 7.76. The van der Waals surface area contributed by atoms with Gasteiger partial charge in [-0.1, -0.05) is 32.0 Å². The molecule has 1 aliphatic heterocycles. The minimum absolute atomic E-state index is 0.0497. The number of carbonyl (C=O) groups excluding carboxylic acids is 1. The molecule has 86 valence electrons. The zero-order valence-electron chi connectivity index (χ0n) is 10.3. The van der Waals surface area contributed by atoms with Crippen LogP contribution in [0.25, 0.3) is 0 Å². The molecule has 16 heavy (non-hydrogen) atoms. The van der Waals surface area contributed by atoms with Crippen LogP contribution < -0.4 is 5.01 Å². The molecule has 0 spiro atoms. The van der Waals surface area contributed by atoms with Gasteiger partial charge in [-0.3, -0.25) is 4.79 Å². The van der Waals surface area contributed by atoms with Crippen LogP contribution in [0.15, 0.2) is 35.4 Å². The van der Waals surface area contributed by atoms with Crippen molar-refractivity contribution in [3.8, 4) is 0 Å². The molecule has 1 aromatic carbocycles. The first kappa shape index (κ1) is 12.4. The molecule has 1 aliphatic rings. The van der Waals surface area contributed by atoms with E-state index in [9.17, 15) is 4.79 Å². The van der Waals surface area contributed by atoms with Crippen molar-refractivity contribution < 1.29 is 4.79 Å². The Bertz CT molecular complexity index is 384. The zero-order chi connectivity index (χ0) is 12.1. The van der Waals surface area contributed by atoms with Crippen LogP contribution in [0.1, 0.15) is 27.7 Å². The standard InChI is InChI=1S/C11H12N2O.C2H6/c1-8-9(2)12-13(11(8)14)10-6-4-3-5-7-10;1-2/h3-8H,1-2H3;1-2H3. The number of carbonyl (C=O) groups is 1. The summed E-state index contributed by atoms with van der Waals surface area (Å²) in [5.41, 5.74) is 1.71. The molecule has 0 bridgehead atoms. The number of hydrazone groups is 1. The van der Waals surface area contributed by atoms with E-state index in [-0.39, 0.29) is 11.8 Å². The van der Waals surface area contributed by atoms with Gasteiger partial charge in [0, 0.05) is 5.71 Å². The van der Waals surface area contributed by atoms with Gasteiger partial charge in [0.05, 0.1) is 11.6 Å². The van der Waals surface area contributed by atoms with Crippen LogP contribution in [0.2, 0.25) is 0 Å². The van der Waals surface area contributed by atoms with Crippen molar-refractivity contribution in [1.82, 2.24) is 0 Å². The third kappa shape index (κ3) is 2.30. The fourth-order valence-corrected chi connectivity index (χ4v) is 1.41. The maximum atomic E-state index is 11.7. The van der Waals surface area contributed by atoms with Crippen LogP contribution in [0.4, 0.5) is 5.69 Å². The van der Waals surface area contributed by atoms with E-state index in [0.717, 1.165) is 11.4 Å². The molecule has 0 fully saturated rings. The molecule has 1 amide bonds. The molecular formula is C13H18N2O. The molecule has 0 saturated heterocycles. The third-order valence-electron chi connectivity index (χ3n) is 2.46. The van der Waals surface area contributed by atoms with Crippen LogP contribution in [0.5, 0.6) is 0 Å². The van der Waals surface area contributed by atoms with Crippen molar-refractivity contribution in [2.75, 3.05) is 5.01 Å². The van der Waals surface area contributed by atoms with Crippen molar-refractivity contribution in [2.24, 2.45) is 11.0 Å². The molecular weight excluding hydrogens is 200 g/mol. The average molecular weight is 218 g/mol. The van der Waals surface area contributed by atoms with E-state index in [1.165, 1.54) is 5.01 Å². The molecule has 1 heterocycles. The summed E-state index contributed by atoms with van der Waals surface area (Å²) in [7, 11) is 0. The van der Waals surface area contributed by atoms with Gasteiger partial charge in [0.25, 0.3) is 5.91 Å². The summed E-state index contributed by atoms with van der Waals surface area (Å²) in [6, 6.07) is 9.48. The first-order chi connectivity index (χ1) is 7.70. The van der Waals surface area contributed by atoms with Gasteiger partial charge in [0.1, 0.15) is 0 Å². The number of anilines is 1. The highest BCUT2D eigenvalue weighted by Gasteiger charge is 2.30. The summed E-state index contributed by atoms with van der Waals surface area (Å²) in [6.07, 6.45) is 0. The van der Waals surface area contributed by atoms with Gasteiger partial charge in [-0.05, 0) is 26.0 Å². The van der Waals surface area contributed by atoms with Gasteiger partial charge >= 0.3 is 0 Å². The van der Waals surface area contributed by atoms with E-state index in [1.54, 1.807) is 0 Å². The van der Waals surface area contributed by atoms with Crippen molar-refractivity contribution >= 4 is 17.3 Å². The van der Waals surface area contributed by atoms with Gasteiger partial charge in [-0.25, -0.2) is 5.01 Å². The van der Waals surface area contributed by atoms with Crippen LogP contribution in [0, 0.1) is 5.92 Å². The maximum absolute atomic E-state index is 11.7. The summed E-state index contributed by atoms with van der Waals surface area (Å²) in [5.74, 6) is -0.0380. The predicted octanol–water partition coefficient (Wildman–Crippen LogP) is 3.07. The topological polar surface area (TPSA) is 32.7 Å². The largest absolute Gasteiger partial charge is 0.272 e. The van der Waals surface area contributed by atoms with Crippen LogP contribution in [-0.2, 0) is 4.79 Å².